The van der Waals surface area contributed by atoms with Crippen molar-refractivity contribution in [3.05, 3.63) is 40.1 Å². The van der Waals surface area contributed by atoms with E-state index in [4.69, 9.17) is 5.11 Å². The minimum atomic E-state index is -1.19. The van der Waals surface area contributed by atoms with E-state index >= 15 is 0 Å². The van der Waals surface area contributed by atoms with Crippen LogP contribution in [-0.4, -0.2) is 39.0 Å². The molecule has 110 valence electrons. The lowest BCUT2D eigenvalue weighted by atomic mass is 10.3. The largest absolute Gasteiger partial charge is 0.476 e. The van der Waals surface area contributed by atoms with Gasteiger partial charge in [-0.1, -0.05) is 0 Å². The molecule has 2 rings (SSSR count). The fourth-order valence-corrected chi connectivity index (χ4v) is 2.48. The highest BCUT2D eigenvalue weighted by atomic mass is 32.1. The third kappa shape index (κ3) is 3.54. The molecule has 0 unspecified atom stereocenters. The number of carbonyl (C=O) groups is 2. The van der Waals surface area contributed by atoms with Crippen molar-refractivity contribution in [1.29, 1.82) is 0 Å². The number of nitrogens with one attached hydrogen (secondary N) is 1. The summed E-state index contributed by atoms with van der Waals surface area (Å²) in [5.41, 5.74) is 2.59. The SMILES string of the molecule is Cc1ncsc1CN(C)C(=O)Nc1cccnc1C(=O)O. The molecule has 0 bridgehead atoms. The summed E-state index contributed by atoms with van der Waals surface area (Å²) in [4.78, 5) is 33.4. The van der Waals surface area contributed by atoms with E-state index in [2.05, 4.69) is 15.3 Å². The number of rotatable bonds is 4. The molecule has 0 aliphatic rings. The van der Waals surface area contributed by atoms with Crippen LogP contribution in [0.4, 0.5) is 10.5 Å². The Morgan fingerprint density at radius 3 is 2.81 bits per heavy atom. The smallest absolute Gasteiger partial charge is 0.356 e. The normalized spacial score (nSPS) is 10.2. The van der Waals surface area contributed by atoms with E-state index in [9.17, 15) is 9.59 Å². The highest BCUT2D eigenvalue weighted by Crippen LogP contribution is 2.16. The van der Waals surface area contributed by atoms with Gasteiger partial charge in [0.05, 0.1) is 23.4 Å². The first-order chi connectivity index (χ1) is 9.99. The van der Waals surface area contributed by atoms with Gasteiger partial charge in [-0.3, -0.25) is 0 Å². The van der Waals surface area contributed by atoms with Crippen LogP contribution >= 0.6 is 11.3 Å². The molecule has 7 nitrogen and oxygen atoms in total. The van der Waals surface area contributed by atoms with Crippen molar-refractivity contribution in [3.8, 4) is 0 Å². The van der Waals surface area contributed by atoms with Crippen molar-refractivity contribution >= 4 is 29.0 Å². The summed E-state index contributed by atoms with van der Waals surface area (Å²) in [7, 11) is 1.63. The van der Waals surface area contributed by atoms with Gasteiger partial charge in [0.1, 0.15) is 0 Å². The van der Waals surface area contributed by atoms with Crippen LogP contribution in [0.5, 0.6) is 0 Å². The van der Waals surface area contributed by atoms with Gasteiger partial charge in [0.25, 0.3) is 0 Å². The van der Waals surface area contributed by atoms with Crippen LogP contribution in [0.25, 0.3) is 0 Å². The summed E-state index contributed by atoms with van der Waals surface area (Å²) in [6.07, 6.45) is 1.36. The fourth-order valence-electron chi connectivity index (χ4n) is 1.65. The molecule has 0 fully saturated rings. The molecule has 2 amide bonds. The number of pyridine rings is 1. The summed E-state index contributed by atoms with van der Waals surface area (Å²) in [6.45, 7) is 2.28. The monoisotopic (exact) mass is 306 g/mol. The lowest BCUT2D eigenvalue weighted by Gasteiger charge is -2.18. The Bertz CT molecular complexity index is 671. The van der Waals surface area contributed by atoms with E-state index in [1.54, 1.807) is 18.6 Å². The molecule has 0 aromatic carbocycles. The van der Waals surface area contributed by atoms with Gasteiger partial charge in [-0.05, 0) is 19.1 Å². The van der Waals surface area contributed by atoms with Crippen molar-refractivity contribution in [3.63, 3.8) is 0 Å². The van der Waals surface area contributed by atoms with Gasteiger partial charge >= 0.3 is 12.0 Å². The maximum Gasteiger partial charge on any atom is 0.356 e. The van der Waals surface area contributed by atoms with Crippen LogP contribution in [0.15, 0.2) is 23.8 Å². The molecule has 2 N–H and O–H groups in total. The molecule has 0 radical (unpaired) electrons. The van der Waals surface area contributed by atoms with E-state index in [-0.39, 0.29) is 11.4 Å². The lowest BCUT2D eigenvalue weighted by Crippen LogP contribution is -2.31. The van der Waals surface area contributed by atoms with E-state index in [1.165, 1.54) is 28.5 Å². The second-order valence-electron chi connectivity index (χ2n) is 4.35. The molecule has 2 heterocycles. The highest BCUT2D eigenvalue weighted by molar-refractivity contribution is 7.09. The van der Waals surface area contributed by atoms with Crippen LogP contribution in [0.3, 0.4) is 0 Å². The van der Waals surface area contributed by atoms with Crippen LogP contribution in [0, 0.1) is 6.92 Å². The quantitative estimate of drug-likeness (QED) is 0.903. The maximum absolute atomic E-state index is 12.1. The molecule has 0 saturated heterocycles. The number of hydrogen-bond acceptors (Lipinski definition) is 5. The van der Waals surface area contributed by atoms with Gasteiger partial charge in [-0.25, -0.2) is 19.6 Å². The zero-order valence-electron chi connectivity index (χ0n) is 11.5. The molecule has 0 aliphatic heterocycles. The van der Waals surface area contributed by atoms with Gasteiger partial charge in [-0.2, -0.15) is 0 Å². The number of urea groups is 1. The average molecular weight is 306 g/mol. The summed E-state index contributed by atoms with van der Waals surface area (Å²) in [5.74, 6) is -1.19. The zero-order valence-corrected chi connectivity index (χ0v) is 12.3. The second kappa shape index (κ2) is 6.31. The molecule has 2 aromatic rings. The molecule has 0 spiro atoms. The van der Waals surface area contributed by atoms with Crippen molar-refractivity contribution in [2.24, 2.45) is 0 Å². The third-order valence-corrected chi connectivity index (χ3v) is 3.74. The molecule has 8 heteroatoms. The highest BCUT2D eigenvalue weighted by Gasteiger charge is 2.16. The first kappa shape index (κ1) is 14.9. The minimum absolute atomic E-state index is 0.169. The Labute approximate surface area is 125 Å². The number of amides is 2. The number of thiazole rings is 1. The third-order valence-electron chi connectivity index (χ3n) is 2.82. The molecule has 2 aromatic heterocycles. The fraction of sp³-hybridized carbons (Fsp3) is 0.231. The van der Waals surface area contributed by atoms with Crippen LogP contribution < -0.4 is 5.32 Å². The number of aromatic carboxylic acids is 1. The number of hydrogen-bond donors (Lipinski definition) is 2. The summed E-state index contributed by atoms with van der Waals surface area (Å²) in [6, 6.07) is 2.66. The number of nitrogens with zero attached hydrogens (tertiary/aromatic N) is 3. The maximum atomic E-state index is 12.1. The molecule has 21 heavy (non-hydrogen) atoms. The first-order valence-electron chi connectivity index (χ1n) is 6.08. The molecular weight excluding hydrogens is 292 g/mol. The van der Waals surface area contributed by atoms with Crippen LogP contribution in [0.2, 0.25) is 0 Å². The number of aromatic nitrogens is 2. The van der Waals surface area contributed by atoms with Crippen LogP contribution in [0.1, 0.15) is 21.1 Å². The van der Waals surface area contributed by atoms with E-state index < -0.39 is 12.0 Å². The minimum Gasteiger partial charge on any atom is -0.476 e. The van der Waals surface area contributed by atoms with Gasteiger partial charge < -0.3 is 15.3 Å². The Hall–Kier alpha value is -2.48. The number of anilines is 1. The Kier molecular flexibility index (Phi) is 4.49. The van der Waals surface area contributed by atoms with Crippen molar-refractivity contribution < 1.29 is 14.7 Å². The molecule has 0 saturated carbocycles. The molecular formula is C13H14N4O3S. The van der Waals surface area contributed by atoms with E-state index in [1.807, 2.05) is 6.92 Å². The van der Waals surface area contributed by atoms with Gasteiger partial charge in [0, 0.05) is 18.1 Å². The number of aryl methyl sites for hydroxylation is 1. The predicted molar refractivity (Wildman–Crippen MR) is 78.5 cm³/mol. The Morgan fingerprint density at radius 1 is 1.43 bits per heavy atom. The van der Waals surface area contributed by atoms with E-state index in [0.717, 1.165) is 10.6 Å². The standard InChI is InChI=1S/C13H14N4O3S/c1-8-10(21-7-15-8)6-17(2)13(20)16-9-4-3-5-14-11(9)12(18)19/h3-5,7H,6H2,1-2H3,(H,16,20)(H,18,19). The number of carboxylic acid groups (broad SMARTS) is 1. The van der Waals surface area contributed by atoms with Crippen molar-refractivity contribution in [2.75, 3.05) is 12.4 Å². The van der Waals surface area contributed by atoms with Crippen molar-refractivity contribution in [1.82, 2.24) is 14.9 Å². The second-order valence-corrected chi connectivity index (χ2v) is 5.29. The number of carbonyl (C=O) groups excluding carboxylic acids is 1. The number of carboxylic acids is 1. The molecule has 0 aliphatic carbocycles. The summed E-state index contributed by atoms with van der Waals surface area (Å²) < 4.78 is 0. The Balaban J connectivity index is 2.08. The first-order valence-corrected chi connectivity index (χ1v) is 6.96. The van der Waals surface area contributed by atoms with Gasteiger partial charge in [-0.15, -0.1) is 11.3 Å². The zero-order chi connectivity index (χ0) is 15.4. The van der Waals surface area contributed by atoms with Crippen molar-refractivity contribution in [2.45, 2.75) is 13.5 Å². The van der Waals surface area contributed by atoms with Crippen LogP contribution in [-0.2, 0) is 6.54 Å². The summed E-state index contributed by atoms with van der Waals surface area (Å²) >= 11 is 1.47. The Morgan fingerprint density at radius 2 is 2.19 bits per heavy atom. The van der Waals surface area contributed by atoms with E-state index in [0.29, 0.717) is 6.54 Å². The topological polar surface area (TPSA) is 95.4 Å². The predicted octanol–water partition coefficient (Wildman–Crippen LogP) is 2.21. The van der Waals surface area contributed by atoms with Gasteiger partial charge in [0.15, 0.2) is 5.69 Å². The van der Waals surface area contributed by atoms with Gasteiger partial charge in [0.2, 0.25) is 0 Å². The summed E-state index contributed by atoms with van der Waals surface area (Å²) in [5, 5.41) is 11.6. The lowest BCUT2D eigenvalue weighted by molar-refractivity contribution is 0.0691. The molecule has 0 atom stereocenters. The average Bonchev–Trinajstić information content (AvgIpc) is 2.84.